The summed E-state index contributed by atoms with van der Waals surface area (Å²) in [5, 5.41) is 18.9. The molecule has 6 nitrogen and oxygen atoms in total. The molecule has 4 N–H and O–H groups in total. The van der Waals surface area contributed by atoms with Gasteiger partial charge in [-0.2, -0.15) is 0 Å². The first-order valence-electron chi connectivity index (χ1n) is 6.57. The molecule has 1 aromatic rings. The molecule has 1 fully saturated rings. The number of phenols is 2. The van der Waals surface area contributed by atoms with Gasteiger partial charge in [-0.25, -0.2) is 0 Å². The summed E-state index contributed by atoms with van der Waals surface area (Å²) in [6, 6.07) is 3.92. The van der Waals surface area contributed by atoms with Crippen molar-refractivity contribution in [3.05, 3.63) is 23.8 Å². The van der Waals surface area contributed by atoms with Crippen molar-refractivity contribution in [2.24, 2.45) is 11.7 Å². The lowest BCUT2D eigenvalue weighted by atomic mass is 9.93. The van der Waals surface area contributed by atoms with Crippen molar-refractivity contribution < 1.29 is 19.8 Å². The Labute approximate surface area is 116 Å². The Morgan fingerprint density at radius 2 is 1.90 bits per heavy atom. The second-order valence-electron chi connectivity index (χ2n) is 5.11. The first-order chi connectivity index (χ1) is 9.47. The van der Waals surface area contributed by atoms with Crippen molar-refractivity contribution >= 4 is 11.8 Å². The lowest BCUT2D eigenvalue weighted by Crippen LogP contribution is -2.39. The number of hydrogen-bond acceptors (Lipinski definition) is 4. The molecule has 0 spiro atoms. The van der Waals surface area contributed by atoms with E-state index in [2.05, 4.69) is 0 Å². The summed E-state index contributed by atoms with van der Waals surface area (Å²) in [7, 11) is 0. The molecule has 0 aliphatic carbocycles. The molecule has 0 unspecified atom stereocenters. The van der Waals surface area contributed by atoms with Gasteiger partial charge in [0.25, 0.3) is 5.91 Å². The molecule has 1 aliphatic rings. The van der Waals surface area contributed by atoms with Crippen molar-refractivity contribution in [1.29, 1.82) is 0 Å². The summed E-state index contributed by atoms with van der Waals surface area (Å²) in [5.74, 6) is -0.663. The van der Waals surface area contributed by atoms with Crippen LogP contribution < -0.4 is 5.73 Å². The van der Waals surface area contributed by atoms with Crippen molar-refractivity contribution in [3.8, 4) is 11.5 Å². The maximum atomic E-state index is 12.3. The highest BCUT2D eigenvalue weighted by Crippen LogP contribution is 2.26. The van der Waals surface area contributed by atoms with Crippen LogP contribution in [0.2, 0.25) is 0 Å². The molecule has 0 aromatic heterocycles. The highest BCUT2D eigenvalue weighted by atomic mass is 16.3. The fourth-order valence-corrected chi connectivity index (χ4v) is 2.50. The molecular formula is C14H18N2O4. The molecule has 2 amide bonds. The third-order valence-electron chi connectivity index (χ3n) is 3.60. The molecule has 108 valence electrons. The molecule has 0 atom stereocenters. The first kappa shape index (κ1) is 14.2. The van der Waals surface area contributed by atoms with E-state index in [9.17, 15) is 19.8 Å². The molecule has 1 aromatic carbocycles. The monoisotopic (exact) mass is 278 g/mol. The van der Waals surface area contributed by atoms with Gasteiger partial charge in [-0.3, -0.25) is 9.59 Å². The minimum atomic E-state index is -0.314. The average Bonchev–Trinajstić information content (AvgIpc) is 2.38. The Morgan fingerprint density at radius 1 is 1.25 bits per heavy atom. The molecule has 1 saturated heterocycles. The van der Waals surface area contributed by atoms with Gasteiger partial charge in [0.2, 0.25) is 5.91 Å². The predicted octanol–water partition coefficient (Wildman–Crippen LogP) is 0.825. The first-order valence-corrected chi connectivity index (χ1v) is 6.57. The van der Waals surface area contributed by atoms with Crippen LogP contribution in [0.1, 0.15) is 29.6 Å². The predicted molar refractivity (Wildman–Crippen MR) is 72.2 cm³/mol. The number of aromatic hydroxyl groups is 2. The normalized spacial score (nSPS) is 16.1. The molecule has 6 heteroatoms. The Morgan fingerprint density at radius 3 is 2.45 bits per heavy atom. The van der Waals surface area contributed by atoms with Crippen LogP contribution >= 0.6 is 0 Å². The van der Waals surface area contributed by atoms with Crippen LogP contribution in [0.15, 0.2) is 18.2 Å². The SMILES string of the molecule is NC(=O)CC1CCN(C(=O)c2ccc(O)cc2O)CC1. The van der Waals surface area contributed by atoms with Gasteiger partial charge in [0, 0.05) is 25.6 Å². The van der Waals surface area contributed by atoms with Gasteiger partial charge in [0.05, 0.1) is 5.56 Å². The van der Waals surface area contributed by atoms with Gasteiger partial charge in [-0.05, 0) is 30.9 Å². The average molecular weight is 278 g/mol. The molecule has 20 heavy (non-hydrogen) atoms. The molecule has 1 heterocycles. The van der Waals surface area contributed by atoms with Gasteiger partial charge < -0.3 is 20.8 Å². The van der Waals surface area contributed by atoms with Gasteiger partial charge in [0.1, 0.15) is 11.5 Å². The Bertz CT molecular complexity index is 522. The second kappa shape index (κ2) is 5.81. The lowest BCUT2D eigenvalue weighted by molar-refractivity contribution is -0.119. The quantitative estimate of drug-likeness (QED) is 0.761. The van der Waals surface area contributed by atoms with Gasteiger partial charge >= 0.3 is 0 Å². The lowest BCUT2D eigenvalue weighted by Gasteiger charge is -2.31. The summed E-state index contributed by atoms with van der Waals surface area (Å²) in [6.45, 7) is 1.08. The van der Waals surface area contributed by atoms with Crippen molar-refractivity contribution in [1.82, 2.24) is 4.90 Å². The summed E-state index contributed by atoms with van der Waals surface area (Å²) in [6.07, 6.45) is 1.81. The van der Waals surface area contributed by atoms with Crippen molar-refractivity contribution in [3.63, 3.8) is 0 Å². The summed E-state index contributed by atoms with van der Waals surface area (Å²) in [5.41, 5.74) is 5.34. The molecule has 2 rings (SSSR count). The largest absolute Gasteiger partial charge is 0.508 e. The summed E-state index contributed by atoms with van der Waals surface area (Å²) in [4.78, 5) is 24.8. The zero-order chi connectivity index (χ0) is 14.7. The number of amides is 2. The molecule has 0 saturated carbocycles. The maximum absolute atomic E-state index is 12.3. The fraction of sp³-hybridized carbons (Fsp3) is 0.429. The maximum Gasteiger partial charge on any atom is 0.257 e. The summed E-state index contributed by atoms with van der Waals surface area (Å²) >= 11 is 0. The van der Waals surface area contributed by atoms with E-state index in [-0.39, 0.29) is 34.8 Å². The van der Waals surface area contributed by atoms with Gasteiger partial charge in [-0.1, -0.05) is 0 Å². The topological polar surface area (TPSA) is 104 Å². The molecule has 1 aliphatic heterocycles. The highest BCUT2D eigenvalue weighted by molar-refractivity contribution is 5.97. The number of primary amides is 1. The number of nitrogens with zero attached hydrogens (tertiary/aromatic N) is 1. The highest BCUT2D eigenvalue weighted by Gasteiger charge is 2.25. The van der Waals surface area contributed by atoms with E-state index in [1.807, 2.05) is 0 Å². The third kappa shape index (κ3) is 3.20. The van der Waals surface area contributed by atoms with Gasteiger partial charge in [0.15, 0.2) is 0 Å². The fourth-order valence-electron chi connectivity index (χ4n) is 2.50. The summed E-state index contributed by atoms with van der Waals surface area (Å²) < 4.78 is 0. The van der Waals surface area contributed by atoms with E-state index < -0.39 is 0 Å². The number of likely N-dealkylation sites (tertiary alicyclic amines) is 1. The Hall–Kier alpha value is -2.24. The van der Waals surface area contributed by atoms with Crippen LogP contribution in [0.4, 0.5) is 0 Å². The Balaban J connectivity index is 1.99. The van der Waals surface area contributed by atoms with Crippen molar-refractivity contribution in [2.75, 3.05) is 13.1 Å². The number of carbonyl (C=O) groups is 2. The molecule has 0 bridgehead atoms. The number of nitrogens with two attached hydrogens (primary N) is 1. The standard InChI is InChI=1S/C14H18N2O4/c15-13(19)7-9-3-5-16(6-4-9)14(20)11-2-1-10(17)8-12(11)18/h1-2,8-9,17-18H,3-7H2,(H2,15,19). The number of carbonyl (C=O) groups excluding carboxylic acids is 2. The van der Waals surface area contributed by atoms with Crippen LogP contribution in [0.25, 0.3) is 0 Å². The number of rotatable bonds is 3. The number of benzene rings is 1. The van der Waals surface area contributed by atoms with E-state index in [1.54, 1.807) is 4.90 Å². The third-order valence-corrected chi connectivity index (χ3v) is 3.60. The van der Waals surface area contributed by atoms with E-state index in [1.165, 1.54) is 12.1 Å². The molecule has 0 radical (unpaired) electrons. The smallest absolute Gasteiger partial charge is 0.257 e. The van der Waals surface area contributed by atoms with Crippen LogP contribution in [-0.2, 0) is 4.79 Å². The van der Waals surface area contributed by atoms with E-state index in [0.717, 1.165) is 18.9 Å². The molecular weight excluding hydrogens is 260 g/mol. The minimum Gasteiger partial charge on any atom is -0.508 e. The zero-order valence-corrected chi connectivity index (χ0v) is 11.1. The van der Waals surface area contributed by atoms with Crippen LogP contribution in [0.5, 0.6) is 11.5 Å². The Kier molecular flexibility index (Phi) is 4.12. The van der Waals surface area contributed by atoms with E-state index in [0.29, 0.717) is 19.5 Å². The second-order valence-corrected chi connectivity index (χ2v) is 5.11. The van der Waals surface area contributed by atoms with Crippen LogP contribution in [0, 0.1) is 5.92 Å². The zero-order valence-electron chi connectivity index (χ0n) is 11.1. The number of hydrogen-bond donors (Lipinski definition) is 3. The van der Waals surface area contributed by atoms with Crippen LogP contribution in [0.3, 0.4) is 0 Å². The van der Waals surface area contributed by atoms with Crippen LogP contribution in [-0.4, -0.2) is 40.0 Å². The minimum absolute atomic E-state index is 0.0841. The number of phenolic OH excluding ortho intramolecular Hbond substituents is 2. The number of piperidine rings is 1. The van der Waals surface area contributed by atoms with E-state index in [4.69, 9.17) is 5.73 Å². The van der Waals surface area contributed by atoms with Gasteiger partial charge in [-0.15, -0.1) is 0 Å². The van der Waals surface area contributed by atoms with Crippen molar-refractivity contribution in [2.45, 2.75) is 19.3 Å². The van der Waals surface area contributed by atoms with E-state index >= 15 is 0 Å².